The Morgan fingerprint density at radius 1 is 1.17 bits per heavy atom. The van der Waals surface area contributed by atoms with Crippen LogP contribution in [0.1, 0.15) is 45.6 Å². The van der Waals surface area contributed by atoms with E-state index in [2.05, 4.69) is 26.1 Å². The van der Waals surface area contributed by atoms with Crippen LogP contribution in [0, 0.1) is 5.92 Å². The van der Waals surface area contributed by atoms with Crippen molar-refractivity contribution >= 4 is 22.4 Å². The molecule has 4 nitrogen and oxygen atoms in total. The van der Waals surface area contributed by atoms with Crippen LogP contribution < -0.4 is 5.32 Å². The van der Waals surface area contributed by atoms with Crippen molar-refractivity contribution in [2.75, 3.05) is 26.7 Å². The SMILES string of the molecule is CCC(C)(C)c1ccc(S(=O)(=O)N2CCC(CNC)CC2)cc1.Cl. The number of benzene rings is 1. The van der Waals surface area contributed by atoms with E-state index in [1.807, 2.05) is 19.2 Å². The zero-order valence-corrected chi connectivity index (χ0v) is 16.8. The quantitative estimate of drug-likeness (QED) is 0.829. The molecule has 6 heteroatoms. The lowest BCUT2D eigenvalue weighted by Gasteiger charge is -2.31. The van der Waals surface area contributed by atoms with E-state index in [-0.39, 0.29) is 17.8 Å². The summed E-state index contributed by atoms with van der Waals surface area (Å²) in [6.45, 7) is 8.73. The zero-order valence-electron chi connectivity index (χ0n) is 15.2. The van der Waals surface area contributed by atoms with E-state index in [4.69, 9.17) is 0 Å². The summed E-state index contributed by atoms with van der Waals surface area (Å²) >= 11 is 0. The van der Waals surface area contributed by atoms with Crippen LogP contribution in [-0.2, 0) is 15.4 Å². The summed E-state index contributed by atoms with van der Waals surface area (Å²) in [4.78, 5) is 0.417. The molecule has 1 N–H and O–H groups in total. The minimum atomic E-state index is -3.36. The predicted octanol–water partition coefficient (Wildman–Crippen LogP) is 3.42. The third-order valence-corrected chi connectivity index (χ3v) is 7.14. The Balaban J connectivity index is 0.00000288. The van der Waals surface area contributed by atoms with Crippen LogP contribution in [0.4, 0.5) is 0 Å². The summed E-state index contributed by atoms with van der Waals surface area (Å²) in [6.07, 6.45) is 2.89. The monoisotopic (exact) mass is 374 g/mol. The van der Waals surface area contributed by atoms with Gasteiger partial charge in [-0.1, -0.05) is 32.9 Å². The summed E-state index contributed by atoms with van der Waals surface area (Å²) in [6, 6.07) is 7.46. The fourth-order valence-electron chi connectivity index (χ4n) is 3.07. The average molecular weight is 375 g/mol. The van der Waals surface area contributed by atoms with E-state index in [1.54, 1.807) is 16.4 Å². The molecule has 1 aliphatic heterocycles. The smallest absolute Gasteiger partial charge is 0.243 e. The molecule has 1 aromatic carbocycles. The summed E-state index contributed by atoms with van der Waals surface area (Å²) < 4.78 is 27.2. The first-order valence-corrected chi connectivity index (χ1v) is 10.0. The third-order valence-electron chi connectivity index (χ3n) is 5.22. The fourth-order valence-corrected chi connectivity index (χ4v) is 4.54. The maximum absolute atomic E-state index is 12.8. The van der Waals surface area contributed by atoms with Gasteiger partial charge in [0.1, 0.15) is 0 Å². The van der Waals surface area contributed by atoms with E-state index in [1.165, 1.54) is 5.56 Å². The molecule has 0 aliphatic carbocycles. The predicted molar refractivity (Wildman–Crippen MR) is 102 cm³/mol. The van der Waals surface area contributed by atoms with Gasteiger partial charge >= 0.3 is 0 Å². The highest BCUT2D eigenvalue weighted by Crippen LogP contribution is 2.29. The van der Waals surface area contributed by atoms with Gasteiger partial charge in [-0.25, -0.2) is 8.42 Å². The van der Waals surface area contributed by atoms with Crippen molar-refractivity contribution in [1.82, 2.24) is 9.62 Å². The molecule has 0 radical (unpaired) electrons. The second-order valence-corrected chi connectivity index (χ2v) is 9.10. The number of hydrogen-bond acceptors (Lipinski definition) is 3. The first kappa shape index (κ1) is 21.4. The normalized spacial score (nSPS) is 17.5. The summed E-state index contributed by atoms with van der Waals surface area (Å²) in [7, 11) is -1.41. The van der Waals surface area contributed by atoms with Crippen molar-refractivity contribution in [3.8, 4) is 0 Å². The van der Waals surface area contributed by atoms with Crippen molar-refractivity contribution < 1.29 is 8.42 Å². The summed E-state index contributed by atoms with van der Waals surface area (Å²) in [5, 5.41) is 3.18. The van der Waals surface area contributed by atoms with Crippen LogP contribution in [-0.4, -0.2) is 39.4 Å². The molecule has 0 bridgehead atoms. The van der Waals surface area contributed by atoms with Crippen LogP contribution in [0.25, 0.3) is 0 Å². The van der Waals surface area contributed by atoms with Crippen LogP contribution in [0.3, 0.4) is 0 Å². The lowest BCUT2D eigenvalue weighted by molar-refractivity contribution is 0.270. The minimum Gasteiger partial charge on any atom is -0.319 e. The third kappa shape index (κ3) is 4.72. The van der Waals surface area contributed by atoms with E-state index >= 15 is 0 Å². The van der Waals surface area contributed by atoms with Gasteiger partial charge in [-0.2, -0.15) is 4.31 Å². The van der Waals surface area contributed by atoms with Gasteiger partial charge in [0.25, 0.3) is 0 Å². The molecule has 1 heterocycles. The maximum atomic E-state index is 12.8. The van der Waals surface area contributed by atoms with E-state index in [9.17, 15) is 8.42 Å². The largest absolute Gasteiger partial charge is 0.319 e. The second kappa shape index (κ2) is 8.65. The van der Waals surface area contributed by atoms with Gasteiger partial charge in [-0.3, -0.25) is 0 Å². The lowest BCUT2D eigenvalue weighted by Crippen LogP contribution is -2.40. The Morgan fingerprint density at radius 3 is 2.17 bits per heavy atom. The fraction of sp³-hybridized carbons (Fsp3) is 0.667. The number of hydrogen-bond donors (Lipinski definition) is 1. The Kier molecular flexibility index (Phi) is 7.73. The number of halogens is 1. The Morgan fingerprint density at radius 2 is 1.71 bits per heavy atom. The molecule has 24 heavy (non-hydrogen) atoms. The molecule has 0 unspecified atom stereocenters. The highest BCUT2D eigenvalue weighted by atomic mass is 35.5. The van der Waals surface area contributed by atoms with Gasteiger partial charge in [0.15, 0.2) is 0 Å². The number of piperidine rings is 1. The Hall–Kier alpha value is -0.620. The van der Waals surface area contributed by atoms with Crippen LogP contribution in [0.2, 0.25) is 0 Å². The zero-order chi connectivity index (χ0) is 17.1. The van der Waals surface area contributed by atoms with Crippen molar-refractivity contribution in [3.63, 3.8) is 0 Å². The van der Waals surface area contributed by atoms with Gasteiger partial charge < -0.3 is 5.32 Å². The lowest BCUT2D eigenvalue weighted by atomic mass is 9.82. The molecule has 0 saturated carbocycles. The average Bonchev–Trinajstić information content (AvgIpc) is 2.56. The molecule has 1 aliphatic rings. The highest BCUT2D eigenvalue weighted by molar-refractivity contribution is 7.89. The molecular formula is C18H31ClN2O2S. The summed E-state index contributed by atoms with van der Waals surface area (Å²) in [5.41, 5.74) is 1.26. The summed E-state index contributed by atoms with van der Waals surface area (Å²) in [5.74, 6) is 0.583. The van der Waals surface area contributed by atoms with Crippen molar-refractivity contribution in [1.29, 1.82) is 0 Å². The molecule has 0 amide bonds. The second-order valence-electron chi connectivity index (χ2n) is 7.17. The first-order valence-electron chi connectivity index (χ1n) is 8.56. The molecule has 0 aromatic heterocycles. The Bertz CT molecular complexity index is 606. The molecule has 0 atom stereocenters. The minimum absolute atomic E-state index is 0. The number of rotatable bonds is 6. The molecule has 0 spiro atoms. The van der Waals surface area contributed by atoms with E-state index < -0.39 is 10.0 Å². The van der Waals surface area contributed by atoms with Gasteiger partial charge in [0.05, 0.1) is 4.90 Å². The van der Waals surface area contributed by atoms with Gasteiger partial charge in [-0.15, -0.1) is 12.4 Å². The molecule has 1 fully saturated rings. The molecular weight excluding hydrogens is 344 g/mol. The van der Waals surface area contributed by atoms with Gasteiger partial charge in [-0.05, 0) is 61.9 Å². The van der Waals surface area contributed by atoms with Crippen molar-refractivity contribution in [2.45, 2.75) is 50.3 Å². The van der Waals surface area contributed by atoms with Gasteiger partial charge in [0.2, 0.25) is 10.0 Å². The highest BCUT2D eigenvalue weighted by Gasteiger charge is 2.29. The first-order chi connectivity index (χ1) is 10.8. The number of nitrogens with zero attached hydrogens (tertiary/aromatic N) is 1. The number of sulfonamides is 1. The topological polar surface area (TPSA) is 49.4 Å². The number of nitrogens with one attached hydrogen (secondary N) is 1. The van der Waals surface area contributed by atoms with Crippen LogP contribution in [0.15, 0.2) is 29.2 Å². The Labute approximate surface area is 153 Å². The van der Waals surface area contributed by atoms with E-state index in [0.29, 0.717) is 23.9 Å². The molecule has 1 aromatic rings. The molecule has 2 rings (SSSR count). The van der Waals surface area contributed by atoms with Crippen LogP contribution >= 0.6 is 12.4 Å². The van der Waals surface area contributed by atoms with Crippen LogP contribution in [0.5, 0.6) is 0 Å². The maximum Gasteiger partial charge on any atom is 0.243 e. The molecule has 138 valence electrons. The van der Waals surface area contributed by atoms with Crippen molar-refractivity contribution in [2.24, 2.45) is 5.92 Å². The standard InChI is InChI=1S/C18H30N2O2S.ClH/c1-5-18(2,3)16-6-8-17(9-7-16)23(21,22)20-12-10-15(11-13-20)14-19-4;/h6-9,15,19H,5,10-14H2,1-4H3;1H. The van der Waals surface area contributed by atoms with E-state index in [0.717, 1.165) is 25.8 Å². The van der Waals surface area contributed by atoms with Crippen molar-refractivity contribution in [3.05, 3.63) is 29.8 Å². The molecule has 1 saturated heterocycles. The van der Waals surface area contributed by atoms with Gasteiger partial charge in [0, 0.05) is 13.1 Å².